The lowest BCUT2D eigenvalue weighted by atomic mass is 10.1. The first-order valence-corrected chi connectivity index (χ1v) is 7.40. The van der Waals surface area contributed by atoms with E-state index in [0.29, 0.717) is 12.4 Å². The number of aromatic nitrogens is 2. The number of nitrogens with one attached hydrogen (secondary N) is 1. The lowest BCUT2D eigenvalue weighted by Gasteiger charge is -2.07. The van der Waals surface area contributed by atoms with Crippen LogP contribution in [0, 0.1) is 0 Å². The lowest BCUT2D eigenvalue weighted by molar-refractivity contribution is 0.377. The molecule has 3 rings (SSSR count). The van der Waals surface area contributed by atoms with Crippen LogP contribution in [0.1, 0.15) is 31.5 Å². The summed E-state index contributed by atoms with van der Waals surface area (Å²) < 4.78 is 5.27. The maximum absolute atomic E-state index is 5.27. The zero-order valence-corrected chi connectivity index (χ0v) is 12.2. The van der Waals surface area contributed by atoms with E-state index >= 15 is 0 Å². The number of rotatable bonds is 6. The van der Waals surface area contributed by atoms with Crippen LogP contribution in [0.15, 0.2) is 47.0 Å². The summed E-state index contributed by atoms with van der Waals surface area (Å²) in [4.78, 5) is 4.40. The lowest BCUT2D eigenvalue weighted by Crippen LogP contribution is -2.00. The van der Waals surface area contributed by atoms with Gasteiger partial charge in [-0.15, -0.1) is 0 Å². The third kappa shape index (κ3) is 3.21. The van der Waals surface area contributed by atoms with E-state index in [9.17, 15) is 0 Å². The molecule has 108 valence electrons. The molecule has 2 aromatic carbocycles. The molecular formula is C17H19N3O. The summed E-state index contributed by atoms with van der Waals surface area (Å²) in [5.41, 5.74) is 1.08. The van der Waals surface area contributed by atoms with Gasteiger partial charge in [0.1, 0.15) is 0 Å². The van der Waals surface area contributed by atoms with Crippen molar-refractivity contribution >= 4 is 16.5 Å². The predicted molar refractivity (Wildman–Crippen MR) is 84.2 cm³/mol. The number of aryl methyl sites for hydroxylation is 1. The summed E-state index contributed by atoms with van der Waals surface area (Å²) in [6.45, 7) is 2.70. The van der Waals surface area contributed by atoms with E-state index in [0.717, 1.165) is 30.8 Å². The quantitative estimate of drug-likeness (QED) is 0.736. The highest BCUT2D eigenvalue weighted by molar-refractivity contribution is 5.93. The summed E-state index contributed by atoms with van der Waals surface area (Å²) in [6, 6.07) is 14.5. The van der Waals surface area contributed by atoms with Crippen molar-refractivity contribution in [2.75, 3.05) is 5.32 Å². The summed E-state index contributed by atoms with van der Waals surface area (Å²) in [5, 5.41) is 9.80. The molecule has 3 aromatic rings. The maximum Gasteiger partial charge on any atom is 0.245 e. The largest absolute Gasteiger partial charge is 0.376 e. The van der Waals surface area contributed by atoms with Crippen molar-refractivity contribution in [2.24, 2.45) is 0 Å². The van der Waals surface area contributed by atoms with Crippen LogP contribution in [0.3, 0.4) is 0 Å². The Balaban J connectivity index is 1.70. The van der Waals surface area contributed by atoms with Crippen molar-refractivity contribution in [3.63, 3.8) is 0 Å². The molecule has 0 aliphatic heterocycles. The van der Waals surface area contributed by atoms with Gasteiger partial charge < -0.3 is 9.84 Å². The number of benzene rings is 2. The van der Waals surface area contributed by atoms with Crippen LogP contribution in [-0.4, -0.2) is 10.1 Å². The second kappa shape index (κ2) is 6.39. The van der Waals surface area contributed by atoms with Gasteiger partial charge in [0.2, 0.25) is 5.89 Å². The number of nitrogens with zero attached hydrogens (tertiary/aromatic N) is 2. The second-order valence-electron chi connectivity index (χ2n) is 5.09. The second-order valence-corrected chi connectivity index (χ2v) is 5.09. The molecule has 0 spiro atoms. The van der Waals surface area contributed by atoms with Gasteiger partial charge in [0.15, 0.2) is 5.82 Å². The molecule has 21 heavy (non-hydrogen) atoms. The van der Waals surface area contributed by atoms with Gasteiger partial charge in [0.25, 0.3) is 0 Å². The molecule has 0 fully saturated rings. The topological polar surface area (TPSA) is 51.0 Å². The molecule has 0 saturated heterocycles. The van der Waals surface area contributed by atoms with Crippen molar-refractivity contribution in [2.45, 2.75) is 32.7 Å². The van der Waals surface area contributed by atoms with E-state index in [-0.39, 0.29) is 0 Å². The van der Waals surface area contributed by atoms with Gasteiger partial charge in [-0.25, -0.2) is 0 Å². The smallest absolute Gasteiger partial charge is 0.245 e. The molecule has 1 heterocycles. The minimum Gasteiger partial charge on any atom is -0.376 e. The van der Waals surface area contributed by atoms with Crippen LogP contribution in [0.5, 0.6) is 0 Å². The molecule has 0 aliphatic rings. The Morgan fingerprint density at radius 2 is 1.95 bits per heavy atom. The predicted octanol–water partition coefficient (Wildman–Crippen LogP) is 4.18. The molecule has 1 aromatic heterocycles. The average Bonchev–Trinajstić information content (AvgIpc) is 2.99. The number of unbranched alkanes of at least 4 members (excludes halogenated alkanes) is 1. The molecular weight excluding hydrogens is 262 g/mol. The van der Waals surface area contributed by atoms with E-state index in [1.165, 1.54) is 10.8 Å². The van der Waals surface area contributed by atoms with Gasteiger partial charge in [-0.2, -0.15) is 4.98 Å². The van der Waals surface area contributed by atoms with Gasteiger partial charge in [0, 0.05) is 17.5 Å². The number of anilines is 1. The zero-order valence-electron chi connectivity index (χ0n) is 12.2. The van der Waals surface area contributed by atoms with Crippen molar-refractivity contribution in [3.8, 4) is 0 Å². The van der Waals surface area contributed by atoms with E-state index < -0.39 is 0 Å². The molecule has 4 nitrogen and oxygen atoms in total. The van der Waals surface area contributed by atoms with Crippen LogP contribution in [0.25, 0.3) is 10.8 Å². The first kappa shape index (κ1) is 13.6. The highest BCUT2D eigenvalue weighted by Crippen LogP contribution is 2.23. The van der Waals surface area contributed by atoms with Gasteiger partial charge in [-0.3, -0.25) is 0 Å². The Morgan fingerprint density at radius 3 is 2.86 bits per heavy atom. The first-order chi connectivity index (χ1) is 10.4. The van der Waals surface area contributed by atoms with Crippen LogP contribution in [0.2, 0.25) is 0 Å². The molecule has 4 heteroatoms. The SMILES string of the molecule is CCCCc1noc(CNc2cccc3ccccc23)n1. The molecule has 0 unspecified atom stereocenters. The maximum atomic E-state index is 5.27. The molecule has 0 amide bonds. The Labute approximate surface area is 124 Å². The number of hydrogen-bond acceptors (Lipinski definition) is 4. The van der Waals surface area contributed by atoms with Crippen molar-refractivity contribution < 1.29 is 4.52 Å². The fraction of sp³-hybridized carbons (Fsp3) is 0.294. The van der Waals surface area contributed by atoms with Gasteiger partial charge >= 0.3 is 0 Å². The monoisotopic (exact) mass is 281 g/mol. The van der Waals surface area contributed by atoms with E-state index in [4.69, 9.17) is 4.52 Å². The van der Waals surface area contributed by atoms with E-state index in [1.807, 2.05) is 18.2 Å². The van der Waals surface area contributed by atoms with Gasteiger partial charge in [-0.1, -0.05) is 54.9 Å². The van der Waals surface area contributed by atoms with Crippen molar-refractivity contribution in [3.05, 3.63) is 54.2 Å². The fourth-order valence-electron chi connectivity index (χ4n) is 2.35. The molecule has 0 aliphatic carbocycles. The molecule has 1 N–H and O–H groups in total. The third-order valence-corrected chi connectivity index (χ3v) is 3.48. The van der Waals surface area contributed by atoms with E-state index in [1.54, 1.807) is 0 Å². The molecule has 0 radical (unpaired) electrons. The van der Waals surface area contributed by atoms with Crippen molar-refractivity contribution in [1.82, 2.24) is 10.1 Å². The molecule has 0 atom stereocenters. The Morgan fingerprint density at radius 1 is 1.10 bits per heavy atom. The zero-order chi connectivity index (χ0) is 14.5. The first-order valence-electron chi connectivity index (χ1n) is 7.40. The average molecular weight is 281 g/mol. The van der Waals surface area contributed by atoms with Crippen LogP contribution >= 0.6 is 0 Å². The number of hydrogen-bond donors (Lipinski definition) is 1. The fourth-order valence-corrected chi connectivity index (χ4v) is 2.35. The van der Waals surface area contributed by atoms with Gasteiger partial charge in [-0.05, 0) is 17.9 Å². The Hall–Kier alpha value is -2.36. The normalized spacial score (nSPS) is 10.9. The minimum absolute atomic E-state index is 0.549. The Kier molecular flexibility index (Phi) is 4.15. The highest BCUT2D eigenvalue weighted by atomic mass is 16.5. The van der Waals surface area contributed by atoms with E-state index in [2.05, 4.69) is 46.6 Å². The number of fused-ring (bicyclic) bond motifs is 1. The highest BCUT2D eigenvalue weighted by Gasteiger charge is 2.06. The van der Waals surface area contributed by atoms with Crippen LogP contribution in [-0.2, 0) is 13.0 Å². The Bertz CT molecular complexity index is 715. The third-order valence-electron chi connectivity index (χ3n) is 3.48. The van der Waals surface area contributed by atoms with Crippen LogP contribution < -0.4 is 5.32 Å². The summed E-state index contributed by atoms with van der Waals surface area (Å²) in [5.74, 6) is 1.43. The standard InChI is InChI=1S/C17H19N3O/c1-2-3-11-16-19-17(21-20-16)12-18-15-10-6-8-13-7-4-5-9-14(13)15/h4-10,18H,2-3,11-12H2,1H3. The van der Waals surface area contributed by atoms with Crippen LogP contribution in [0.4, 0.5) is 5.69 Å². The minimum atomic E-state index is 0.549. The summed E-state index contributed by atoms with van der Waals surface area (Å²) >= 11 is 0. The van der Waals surface area contributed by atoms with Crippen molar-refractivity contribution in [1.29, 1.82) is 0 Å². The van der Waals surface area contributed by atoms with Gasteiger partial charge in [0.05, 0.1) is 6.54 Å². The summed E-state index contributed by atoms with van der Waals surface area (Å²) in [7, 11) is 0. The molecule has 0 bridgehead atoms. The summed E-state index contributed by atoms with van der Waals surface area (Å²) in [6.07, 6.45) is 3.11. The molecule has 0 saturated carbocycles.